The fourth-order valence-corrected chi connectivity index (χ4v) is 7.41. The van der Waals surface area contributed by atoms with Crippen LogP contribution in [0.3, 0.4) is 0 Å². The molecule has 0 atom stereocenters. The van der Waals surface area contributed by atoms with Crippen LogP contribution in [0.4, 0.5) is 0 Å². The van der Waals surface area contributed by atoms with Crippen molar-refractivity contribution < 1.29 is 18.9 Å². The molecular formula is C37H40N2O4S. The van der Waals surface area contributed by atoms with E-state index in [4.69, 9.17) is 23.9 Å². The number of methoxy groups -OCH3 is 4. The third kappa shape index (κ3) is 5.81. The molecule has 0 saturated heterocycles. The Labute approximate surface area is 263 Å². The Morgan fingerprint density at radius 1 is 0.705 bits per heavy atom. The van der Waals surface area contributed by atoms with Gasteiger partial charge in [-0.1, -0.05) is 61.0 Å². The lowest BCUT2D eigenvalue weighted by Crippen LogP contribution is -2.39. The zero-order chi connectivity index (χ0) is 30.5. The Morgan fingerprint density at radius 2 is 1.34 bits per heavy atom. The summed E-state index contributed by atoms with van der Waals surface area (Å²) in [4.78, 5) is 6.24. The fraction of sp³-hybridized carbons (Fsp3) is 0.324. The van der Waals surface area contributed by atoms with Crippen LogP contribution in [0.1, 0.15) is 41.6 Å². The van der Waals surface area contributed by atoms with Crippen LogP contribution in [0.15, 0.2) is 89.2 Å². The average Bonchev–Trinajstić information content (AvgIpc) is 3.45. The van der Waals surface area contributed by atoms with Gasteiger partial charge in [0.1, 0.15) is 0 Å². The van der Waals surface area contributed by atoms with Crippen LogP contribution in [-0.2, 0) is 24.8 Å². The van der Waals surface area contributed by atoms with Gasteiger partial charge in [-0.15, -0.1) is 11.3 Å². The minimum atomic E-state index is -0.00471. The molecule has 1 aliphatic carbocycles. The van der Waals surface area contributed by atoms with Crippen molar-refractivity contribution in [2.75, 3.05) is 35.0 Å². The van der Waals surface area contributed by atoms with E-state index in [0.29, 0.717) is 6.54 Å². The van der Waals surface area contributed by atoms with E-state index in [1.807, 2.05) is 18.2 Å². The molecule has 0 unspecified atom stereocenters. The zero-order valence-electron chi connectivity index (χ0n) is 26.0. The number of hydrogen-bond donors (Lipinski definition) is 0. The maximum atomic E-state index is 5.60. The Bertz CT molecular complexity index is 1820. The van der Waals surface area contributed by atoms with E-state index in [-0.39, 0.29) is 5.41 Å². The van der Waals surface area contributed by atoms with Crippen LogP contribution in [0.25, 0.3) is 10.8 Å². The lowest BCUT2D eigenvalue weighted by Gasteiger charge is -2.43. The second kappa shape index (κ2) is 13.2. The van der Waals surface area contributed by atoms with E-state index >= 15 is 0 Å². The van der Waals surface area contributed by atoms with Gasteiger partial charge >= 0.3 is 0 Å². The minimum Gasteiger partial charge on any atom is -0.493 e. The van der Waals surface area contributed by atoms with Gasteiger partial charge in [-0.2, -0.15) is 0 Å². The summed E-state index contributed by atoms with van der Waals surface area (Å²) in [6.07, 6.45) is 5.19. The molecule has 0 radical (unpaired) electrons. The van der Waals surface area contributed by atoms with Crippen LogP contribution in [0.2, 0.25) is 0 Å². The molecule has 4 aromatic carbocycles. The summed E-state index contributed by atoms with van der Waals surface area (Å²) in [5, 5.41) is 4.93. The highest BCUT2D eigenvalue weighted by Crippen LogP contribution is 2.49. The predicted octanol–water partition coefficient (Wildman–Crippen LogP) is 7.59. The molecule has 44 heavy (non-hydrogen) atoms. The molecule has 0 amide bonds. The van der Waals surface area contributed by atoms with Crippen molar-refractivity contribution in [2.24, 2.45) is 4.99 Å². The van der Waals surface area contributed by atoms with Gasteiger partial charge in [0.15, 0.2) is 27.8 Å². The Kier molecular flexibility index (Phi) is 8.94. The highest BCUT2D eigenvalue weighted by atomic mass is 32.1. The molecule has 7 heteroatoms. The lowest BCUT2D eigenvalue weighted by atomic mass is 9.62. The van der Waals surface area contributed by atoms with E-state index in [2.05, 4.69) is 70.6 Å². The van der Waals surface area contributed by atoms with Gasteiger partial charge in [0.05, 0.1) is 28.4 Å². The van der Waals surface area contributed by atoms with Crippen molar-refractivity contribution >= 4 is 22.1 Å². The van der Waals surface area contributed by atoms with Crippen LogP contribution >= 0.6 is 11.3 Å². The van der Waals surface area contributed by atoms with Crippen molar-refractivity contribution in [1.29, 1.82) is 0 Å². The van der Waals surface area contributed by atoms with Crippen molar-refractivity contribution in [3.63, 3.8) is 0 Å². The Morgan fingerprint density at radius 3 is 1.95 bits per heavy atom. The van der Waals surface area contributed by atoms with Crippen LogP contribution in [0, 0.1) is 0 Å². The Hall–Kier alpha value is -4.23. The first-order valence-corrected chi connectivity index (χ1v) is 16.1. The third-order valence-electron chi connectivity index (χ3n) is 8.96. The van der Waals surface area contributed by atoms with Crippen LogP contribution < -0.4 is 23.7 Å². The lowest BCUT2D eigenvalue weighted by molar-refractivity contribution is 0.282. The molecule has 228 valence electrons. The first-order valence-electron chi connectivity index (χ1n) is 15.2. The molecule has 0 aliphatic heterocycles. The van der Waals surface area contributed by atoms with Crippen molar-refractivity contribution in [2.45, 2.75) is 44.1 Å². The normalized spacial score (nSPS) is 14.3. The van der Waals surface area contributed by atoms with E-state index in [9.17, 15) is 0 Å². The smallest absolute Gasteiger partial charge is 0.184 e. The number of nitrogens with zero attached hydrogens (tertiary/aromatic N) is 2. The van der Waals surface area contributed by atoms with Gasteiger partial charge in [-0.25, -0.2) is 0 Å². The largest absolute Gasteiger partial charge is 0.493 e. The van der Waals surface area contributed by atoms with E-state index < -0.39 is 0 Å². The number of aromatic nitrogens is 1. The van der Waals surface area contributed by atoms with Gasteiger partial charge in [0, 0.05) is 29.6 Å². The van der Waals surface area contributed by atoms with Gasteiger partial charge < -0.3 is 23.5 Å². The molecule has 1 saturated carbocycles. The van der Waals surface area contributed by atoms with Gasteiger partial charge in [0.25, 0.3) is 0 Å². The number of rotatable bonds is 12. The summed E-state index contributed by atoms with van der Waals surface area (Å²) < 4.78 is 24.5. The van der Waals surface area contributed by atoms with Crippen molar-refractivity contribution in [3.05, 3.63) is 111 Å². The summed E-state index contributed by atoms with van der Waals surface area (Å²) in [6.45, 7) is 1.52. The van der Waals surface area contributed by atoms with E-state index in [0.717, 1.165) is 60.0 Å². The average molecular weight is 609 g/mol. The predicted molar refractivity (Wildman–Crippen MR) is 178 cm³/mol. The maximum Gasteiger partial charge on any atom is 0.184 e. The van der Waals surface area contributed by atoms with Gasteiger partial charge in [-0.05, 0) is 77.4 Å². The SMILES string of the molecule is COc1ccc(CCN=c2scc(C3(c4ccc5ccccc5c4)CCC3)n2CCc2ccc(OC)c(OC)c2)cc1OC. The topological polar surface area (TPSA) is 54.2 Å². The third-order valence-corrected chi connectivity index (χ3v) is 9.87. The number of benzene rings is 4. The maximum absolute atomic E-state index is 5.60. The summed E-state index contributed by atoms with van der Waals surface area (Å²) in [5.74, 6) is 2.99. The second-order valence-corrected chi connectivity index (χ2v) is 12.1. The summed E-state index contributed by atoms with van der Waals surface area (Å²) in [6, 6.07) is 28.0. The van der Waals surface area contributed by atoms with Crippen molar-refractivity contribution in [3.8, 4) is 23.0 Å². The molecule has 0 spiro atoms. The van der Waals surface area contributed by atoms with Crippen molar-refractivity contribution in [1.82, 2.24) is 4.57 Å². The van der Waals surface area contributed by atoms with E-state index in [1.54, 1.807) is 39.8 Å². The first kappa shape index (κ1) is 29.8. The summed E-state index contributed by atoms with van der Waals surface area (Å²) in [5.41, 5.74) is 5.14. The standard InChI is InChI=1S/C37H40N2O4S/c1-40-31-14-10-26(22-33(31)42-3)16-20-38-36-39(21-17-27-11-15-32(41-2)34(23-27)43-4)35(25-44-36)37(18-7-19-37)30-13-12-28-8-5-6-9-29(28)24-30/h5-6,8-15,22-25H,7,16-21H2,1-4H3. The second-order valence-electron chi connectivity index (χ2n) is 11.3. The number of thiazole rings is 1. The molecular weight excluding hydrogens is 568 g/mol. The van der Waals surface area contributed by atoms with Gasteiger partial charge in [0.2, 0.25) is 0 Å². The summed E-state index contributed by atoms with van der Waals surface area (Å²) in [7, 11) is 6.69. The van der Waals surface area contributed by atoms with Crippen LogP contribution in [-0.4, -0.2) is 39.6 Å². The Balaban J connectivity index is 1.35. The monoisotopic (exact) mass is 608 g/mol. The number of ether oxygens (including phenoxy) is 4. The number of fused-ring (bicyclic) bond motifs is 1. The molecule has 5 aromatic rings. The minimum absolute atomic E-state index is 0.00471. The molecule has 6 rings (SSSR count). The number of hydrogen-bond acceptors (Lipinski definition) is 6. The number of aryl methyl sites for hydroxylation is 1. The van der Waals surface area contributed by atoms with E-state index in [1.165, 1.54) is 39.6 Å². The molecule has 1 fully saturated rings. The molecule has 0 bridgehead atoms. The molecule has 1 heterocycles. The summed E-state index contributed by atoms with van der Waals surface area (Å²) >= 11 is 1.76. The highest BCUT2D eigenvalue weighted by Gasteiger charge is 2.43. The molecule has 1 aliphatic rings. The van der Waals surface area contributed by atoms with Crippen LogP contribution in [0.5, 0.6) is 23.0 Å². The zero-order valence-corrected chi connectivity index (χ0v) is 26.8. The fourth-order valence-electron chi connectivity index (χ4n) is 6.35. The highest BCUT2D eigenvalue weighted by molar-refractivity contribution is 7.07. The quantitative estimate of drug-likeness (QED) is 0.146. The van der Waals surface area contributed by atoms with Gasteiger partial charge in [-0.3, -0.25) is 4.99 Å². The molecule has 6 nitrogen and oxygen atoms in total. The first-order chi connectivity index (χ1) is 21.6. The molecule has 0 N–H and O–H groups in total. The molecule has 1 aromatic heterocycles.